The maximum absolute atomic E-state index is 12.1. The molecule has 0 radical (unpaired) electrons. The highest BCUT2D eigenvalue weighted by Gasteiger charge is 2.31. The number of hydrogen-bond acceptors (Lipinski definition) is 4. The van der Waals surface area contributed by atoms with E-state index in [0.29, 0.717) is 6.54 Å². The minimum atomic E-state index is 0.0907. The molecule has 1 aliphatic rings. The Bertz CT molecular complexity index is 350. The van der Waals surface area contributed by atoms with Crippen LogP contribution in [0.1, 0.15) is 19.2 Å². The predicted molar refractivity (Wildman–Crippen MR) is 58.4 cm³/mol. The molecule has 2 heterocycles. The summed E-state index contributed by atoms with van der Waals surface area (Å²) in [6.45, 7) is 3.47. The second-order valence-electron chi connectivity index (χ2n) is 4.26. The van der Waals surface area contributed by atoms with Gasteiger partial charge in [-0.05, 0) is 19.9 Å². The smallest absolute Gasteiger partial charge is 0.227 e. The molecule has 1 fully saturated rings. The number of carbonyl (C=O) groups excluding carboxylic acids is 1. The molecule has 0 saturated carbocycles. The van der Waals surface area contributed by atoms with Crippen LogP contribution in [0.25, 0.3) is 0 Å². The molecule has 0 bridgehead atoms. The Morgan fingerprint density at radius 1 is 1.69 bits per heavy atom. The second-order valence-corrected chi connectivity index (χ2v) is 4.26. The third kappa shape index (κ3) is 2.21. The van der Waals surface area contributed by atoms with Gasteiger partial charge >= 0.3 is 0 Å². The number of rotatable bonds is 3. The molecule has 1 amide bonds. The van der Waals surface area contributed by atoms with E-state index in [9.17, 15) is 4.79 Å². The molecule has 2 atom stereocenters. The fourth-order valence-electron chi connectivity index (χ4n) is 2.09. The summed E-state index contributed by atoms with van der Waals surface area (Å²) in [7, 11) is 1.80. The summed E-state index contributed by atoms with van der Waals surface area (Å²) < 4.78 is 0. The van der Waals surface area contributed by atoms with Crippen molar-refractivity contribution in [3.8, 4) is 0 Å². The van der Waals surface area contributed by atoms with Gasteiger partial charge in [0.05, 0.1) is 12.5 Å². The molecule has 1 aromatic heterocycles. The fraction of sp³-hybridized carbons (Fsp3) is 0.700. The van der Waals surface area contributed by atoms with Gasteiger partial charge in [-0.2, -0.15) is 5.10 Å². The number of amides is 1. The lowest BCUT2D eigenvalue weighted by atomic mass is 10.0. The zero-order chi connectivity index (χ0) is 11.5. The minimum absolute atomic E-state index is 0.0907. The standard InChI is InChI=1S/C10H17N5O/c1-7-8(3-4-11-7)10(16)15(2)5-9-12-6-13-14-9/h6-8,11H,3-5H2,1-2H3,(H,12,13,14). The van der Waals surface area contributed by atoms with Gasteiger partial charge in [0.1, 0.15) is 12.2 Å². The zero-order valence-corrected chi connectivity index (χ0v) is 9.60. The van der Waals surface area contributed by atoms with Crippen LogP contribution < -0.4 is 5.32 Å². The molecule has 88 valence electrons. The maximum atomic E-state index is 12.1. The van der Waals surface area contributed by atoms with Gasteiger partial charge in [-0.3, -0.25) is 9.89 Å². The van der Waals surface area contributed by atoms with Crippen molar-refractivity contribution in [2.45, 2.75) is 25.9 Å². The monoisotopic (exact) mass is 223 g/mol. The average molecular weight is 223 g/mol. The fourth-order valence-corrected chi connectivity index (χ4v) is 2.09. The highest BCUT2D eigenvalue weighted by Crippen LogP contribution is 2.17. The number of hydrogen-bond donors (Lipinski definition) is 2. The number of carbonyl (C=O) groups is 1. The van der Waals surface area contributed by atoms with E-state index >= 15 is 0 Å². The van der Waals surface area contributed by atoms with E-state index in [4.69, 9.17) is 0 Å². The van der Waals surface area contributed by atoms with Crippen molar-refractivity contribution in [2.75, 3.05) is 13.6 Å². The van der Waals surface area contributed by atoms with Crippen molar-refractivity contribution in [1.29, 1.82) is 0 Å². The van der Waals surface area contributed by atoms with Crippen LogP contribution in [0.3, 0.4) is 0 Å². The van der Waals surface area contributed by atoms with E-state index in [1.165, 1.54) is 6.33 Å². The summed E-state index contributed by atoms with van der Waals surface area (Å²) in [4.78, 5) is 17.8. The summed E-state index contributed by atoms with van der Waals surface area (Å²) in [5.74, 6) is 0.983. The van der Waals surface area contributed by atoms with Gasteiger partial charge in [0.2, 0.25) is 5.91 Å². The number of aromatic amines is 1. The first kappa shape index (κ1) is 11.1. The Kier molecular flexibility index (Phi) is 3.19. The molecule has 2 unspecified atom stereocenters. The Morgan fingerprint density at radius 2 is 2.50 bits per heavy atom. The van der Waals surface area contributed by atoms with Crippen LogP contribution in [0, 0.1) is 5.92 Å². The van der Waals surface area contributed by atoms with Crippen molar-refractivity contribution < 1.29 is 4.79 Å². The predicted octanol–water partition coefficient (Wildman–Crippen LogP) is -0.239. The Balaban J connectivity index is 1.94. The molecular weight excluding hydrogens is 206 g/mol. The molecule has 16 heavy (non-hydrogen) atoms. The van der Waals surface area contributed by atoms with Gasteiger partial charge in [-0.25, -0.2) is 4.98 Å². The van der Waals surface area contributed by atoms with Crippen molar-refractivity contribution in [3.63, 3.8) is 0 Å². The van der Waals surface area contributed by atoms with Crippen LogP contribution >= 0.6 is 0 Å². The Labute approximate surface area is 94.4 Å². The molecule has 0 spiro atoms. The summed E-state index contributed by atoms with van der Waals surface area (Å²) in [6.07, 6.45) is 2.37. The van der Waals surface area contributed by atoms with Crippen LogP contribution in [0.15, 0.2) is 6.33 Å². The first-order chi connectivity index (χ1) is 7.68. The maximum Gasteiger partial charge on any atom is 0.227 e. The molecule has 2 N–H and O–H groups in total. The van der Waals surface area contributed by atoms with E-state index in [1.54, 1.807) is 11.9 Å². The molecule has 6 heteroatoms. The first-order valence-corrected chi connectivity index (χ1v) is 5.51. The van der Waals surface area contributed by atoms with E-state index in [-0.39, 0.29) is 17.9 Å². The third-order valence-corrected chi connectivity index (χ3v) is 3.07. The van der Waals surface area contributed by atoms with E-state index in [2.05, 4.69) is 27.4 Å². The van der Waals surface area contributed by atoms with Crippen LogP contribution in [0.2, 0.25) is 0 Å². The van der Waals surface area contributed by atoms with Crippen molar-refractivity contribution in [3.05, 3.63) is 12.2 Å². The molecule has 1 aromatic rings. The summed E-state index contributed by atoms with van der Waals surface area (Å²) >= 11 is 0. The first-order valence-electron chi connectivity index (χ1n) is 5.51. The number of nitrogens with one attached hydrogen (secondary N) is 2. The van der Waals surface area contributed by atoms with Crippen LogP contribution in [0.5, 0.6) is 0 Å². The number of H-pyrrole nitrogens is 1. The topological polar surface area (TPSA) is 73.9 Å². The highest BCUT2D eigenvalue weighted by molar-refractivity contribution is 5.79. The molecule has 2 rings (SSSR count). The average Bonchev–Trinajstić information content (AvgIpc) is 2.88. The number of aromatic nitrogens is 3. The lowest BCUT2D eigenvalue weighted by Gasteiger charge is -2.22. The lowest BCUT2D eigenvalue weighted by molar-refractivity contribution is -0.135. The Hall–Kier alpha value is -1.43. The molecular formula is C10H17N5O. The molecule has 6 nitrogen and oxygen atoms in total. The number of nitrogens with zero attached hydrogens (tertiary/aromatic N) is 3. The van der Waals surface area contributed by atoms with Gasteiger partial charge in [-0.15, -0.1) is 0 Å². The minimum Gasteiger partial charge on any atom is -0.338 e. The normalized spacial score (nSPS) is 24.6. The summed E-state index contributed by atoms with van der Waals surface area (Å²) in [5.41, 5.74) is 0. The van der Waals surface area contributed by atoms with Crippen LogP contribution in [-0.2, 0) is 11.3 Å². The summed E-state index contributed by atoms with van der Waals surface area (Å²) in [5, 5.41) is 9.80. The van der Waals surface area contributed by atoms with Gasteiger partial charge in [-0.1, -0.05) is 0 Å². The van der Waals surface area contributed by atoms with E-state index < -0.39 is 0 Å². The van der Waals surface area contributed by atoms with Crippen molar-refractivity contribution in [2.24, 2.45) is 5.92 Å². The van der Waals surface area contributed by atoms with E-state index in [0.717, 1.165) is 18.8 Å². The third-order valence-electron chi connectivity index (χ3n) is 3.07. The molecule has 1 aliphatic heterocycles. The Morgan fingerprint density at radius 3 is 3.06 bits per heavy atom. The van der Waals surface area contributed by atoms with Crippen LogP contribution in [0.4, 0.5) is 0 Å². The van der Waals surface area contributed by atoms with Gasteiger partial charge in [0, 0.05) is 13.1 Å². The van der Waals surface area contributed by atoms with Crippen molar-refractivity contribution in [1.82, 2.24) is 25.4 Å². The van der Waals surface area contributed by atoms with Gasteiger partial charge < -0.3 is 10.2 Å². The molecule has 0 aromatic carbocycles. The lowest BCUT2D eigenvalue weighted by Crippen LogP contribution is -2.37. The van der Waals surface area contributed by atoms with E-state index in [1.807, 2.05) is 0 Å². The highest BCUT2D eigenvalue weighted by atomic mass is 16.2. The van der Waals surface area contributed by atoms with Gasteiger partial charge in [0.25, 0.3) is 0 Å². The van der Waals surface area contributed by atoms with Gasteiger partial charge in [0.15, 0.2) is 0 Å². The van der Waals surface area contributed by atoms with Crippen molar-refractivity contribution >= 4 is 5.91 Å². The molecule has 1 saturated heterocycles. The summed E-state index contributed by atoms with van der Waals surface area (Å²) in [6, 6.07) is 0.268. The SMILES string of the molecule is CC1NCCC1C(=O)N(C)Cc1ncn[nH]1. The largest absolute Gasteiger partial charge is 0.338 e. The zero-order valence-electron chi connectivity index (χ0n) is 9.60. The quantitative estimate of drug-likeness (QED) is 0.741. The van der Waals surface area contributed by atoms with Crippen LogP contribution in [-0.4, -0.2) is 45.6 Å². The molecule has 0 aliphatic carbocycles. The second kappa shape index (κ2) is 4.61.